The molecular weight excluding hydrogens is 1040 g/mol. The average molecular weight is 1130 g/mol. The predicted molar refractivity (Wildman–Crippen MR) is 304 cm³/mol. The number of aliphatic hydroxyl groups excluding tert-OH is 1. The van der Waals surface area contributed by atoms with Gasteiger partial charge in [-0.15, -0.1) is 0 Å². The van der Waals surface area contributed by atoms with E-state index in [1.807, 2.05) is 61.5 Å². The van der Waals surface area contributed by atoms with Gasteiger partial charge in [-0.25, -0.2) is 0 Å². The van der Waals surface area contributed by atoms with Crippen molar-refractivity contribution < 1.29 is 67.8 Å². The molecule has 6 unspecified atom stereocenters. The predicted octanol–water partition coefficient (Wildman–Crippen LogP) is 4.28. The molecule has 3 heterocycles. The monoisotopic (exact) mass is 1130 g/mol. The van der Waals surface area contributed by atoms with Gasteiger partial charge in [0.15, 0.2) is 12.1 Å². The number of morpholine rings is 1. The maximum Gasteiger partial charge on any atom is 0.242 e. The number of amides is 5. The first-order valence-corrected chi connectivity index (χ1v) is 27.7. The van der Waals surface area contributed by atoms with Crippen LogP contribution in [0.1, 0.15) is 131 Å². The van der Waals surface area contributed by atoms with Crippen LogP contribution in [0.3, 0.4) is 0 Å². The van der Waals surface area contributed by atoms with Crippen molar-refractivity contribution in [3.63, 3.8) is 0 Å². The number of fused-ring (bicyclic) bond motifs is 3. The number of aliphatic hydroxyl groups is 1. The lowest BCUT2D eigenvalue weighted by atomic mass is 9.75. The highest BCUT2D eigenvalue weighted by atomic mass is 16.7. The zero-order valence-corrected chi connectivity index (χ0v) is 49.2. The number of nitriles is 1. The van der Waals surface area contributed by atoms with E-state index in [4.69, 9.17) is 29.6 Å². The van der Waals surface area contributed by atoms with E-state index in [-0.39, 0.29) is 114 Å². The average Bonchev–Trinajstić information content (AvgIpc) is 3.51. The summed E-state index contributed by atoms with van der Waals surface area (Å²) in [6.07, 6.45) is 6.56. The second kappa shape index (κ2) is 33.0. The van der Waals surface area contributed by atoms with Gasteiger partial charge in [0.25, 0.3) is 0 Å². The van der Waals surface area contributed by atoms with E-state index in [9.17, 15) is 48.9 Å². The molecule has 0 aromatic heterocycles. The molecular formula is C59H86N8O14. The third-order valence-corrected chi connectivity index (χ3v) is 13.7. The number of phenolic OH excluding ortho intramolecular Hbond substituents is 2. The number of nitrogens with zero attached hydrogens (tertiary/aromatic N) is 3. The molecule has 22 nitrogen and oxygen atoms in total. The Labute approximate surface area is 476 Å². The Hall–Kier alpha value is -7.03. The molecule has 3 aliphatic heterocycles. The Balaban J connectivity index is 0.000000423. The van der Waals surface area contributed by atoms with E-state index in [0.29, 0.717) is 49.4 Å². The Morgan fingerprint density at radius 2 is 1.59 bits per heavy atom. The second-order valence-electron chi connectivity index (χ2n) is 20.7. The third-order valence-electron chi connectivity index (χ3n) is 13.7. The van der Waals surface area contributed by atoms with Crippen molar-refractivity contribution in [2.45, 2.75) is 132 Å². The molecule has 22 heteroatoms. The minimum Gasteiger partial charge on any atom is -0.507 e. The van der Waals surface area contributed by atoms with Gasteiger partial charge in [0, 0.05) is 105 Å². The SMILES string of the molecule is CC.CC.CC(=N)/C=C\C(C#N)=C\C(C)(C)C.COC1CN(C2CCOC(C)C2O)CCO1.COc1cccc2c1C(=O)c1c(O)c3c(c(O)c1C2=O)CC(C(=O)N1CC(CNC(=O)CNC(=O)C(C)NC(=O)CCNC=O)C1)CC3. The molecule has 6 atom stereocenters. The van der Waals surface area contributed by atoms with Crippen LogP contribution in [0.15, 0.2) is 42.0 Å². The highest BCUT2D eigenvalue weighted by Gasteiger charge is 2.43. The summed E-state index contributed by atoms with van der Waals surface area (Å²) in [5.41, 5.74) is 1.25. The van der Waals surface area contributed by atoms with Gasteiger partial charge in [-0.05, 0) is 70.1 Å². The van der Waals surface area contributed by atoms with Crippen molar-refractivity contribution in [2.24, 2.45) is 17.3 Å². The Morgan fingerprint density at radius 3 is 2.21 bits per heavy atom. The number of benzene rings is 2. The van der Waals surface area contributed by atoms with E-state index < -0.39 is 53.1 Å². The fourth-order valence-corrected chi connectivity index (χ4v) is 9.66. The van der Waals surface area contributed by atoms with Crippen LogP contribution >= 0.6 is 0 Å². The number of methoxy groups -OCH3 is 2. The van der Waals surface area contributed by atoms with Crippen LogP contribution in [0.2, 0.25) is 0 Å². The van der Waals surface area contributed by atoms with Crippen molar-refractivity contribution in [1.82, 2.24) is 31.1 Å². The van der Waals surface area contributed by atoms with Crippen LogP contribution in [0.25, 0.3) is 0 Å². The molecule has 0 bridgehead atoms. The molecule has 3 saturated heterocycles. The first-order chi connectivity index (χ1) is 38.5. The van der Waals surface area contributed by atoms with Crippen LogP contribution in [0.5, 0.6) is 17.2 Å². The maximum atomic E-state index is 13.5. The third kappa shape index (κ3) is 19.0. The molecule has 2 aromatic carbocycles. The molecule has 0 spiro atoms. The van der Waals surface area contributed by atoms with Crippen LogP contribution < -0.4 is 26.0 Å². The number of allylic oxidation sites excluding steroid dienone is 4. The summed E-state index contributed by atoms with van der Waals surface area (Å²) >= 11 is 0. The number of carbonyl (C=O) groups is 7. The summed E-state index contributed by atoms with van der Waals surface area (Å²) in [7, 11) is 3.02. The zero-order valence-electron chi connectivity index (χ0n) is 49.2. The second-order valence-corrected chi connectivity index (χ2v) is 20.7. The van der Waals surface area contributed by atoms with Gasteiger partial charge in [0.2, 0.25) is 35.8 Å². The van der Waals surface area contributed by atoms with Gasteiger partial charge in [-0.2, -0.15) is 5.26 Å². The lowest BCUT2D eigenvalue weighted by molar-refractivity contribution is -0.190. The first kappa shape index (κ1) is 68.2. The molecule has 81 heavy (non-hydrogen) atoms. The number of aromatic hydroxyl groups is 2. The quantitative estimate of drug-likeness (QED) is 0.0248. The van der Waals surface area contributed by atoms with Gasteiger partial charge < -0.3 is 65.8 Å². The molecule has 2 aromatic rings. The standard InChI is InChI=1S/C33H37N5O10.C11H16N2.C11H21NO4.2C2H6/c1-16(37-23(40)8-9-34-15-39)32(46)36-12-24(41)35-11-17-13-38(14-17)33(47)18-6-7-19-21(10-18)30(44)26-27(28(19)42)31(45)25-20(29(26)43)4-3-5-22(25)48-2;1-9(13)5-6-10(8-12)7-11(2,3)4;1-8-11(13)9(3-5-15-8)12-4-6-16-10(7-12)14-2;2*1-2/h3-5,15-18,42,44H,6-14H2,1-2H3,(H,34,39)(H,35,41)(H,36,46)(H,37,40);5-7,13H,1-4H3;8-11,13H,3-7H2,1-2H3;2*1-2H3/b;6-5-,10-7-,13-9?;;;. The van der Waals surface area contributed by atoms with Crippen LogP contribution in [0.4, 0.5) is 0 Å². The Bertz CT molecular complexity index is 2640. The van der Waals surface area contributed by atoms with Crippen molar-refractivity contribution >= 4 is 47.3 Å². The molecule has 8 N–H and O–H groups in total. The van der Waals surface area contributed by atoms with Crippen LogP contribution in [0, 0.1) is 34.0 Å². The van der Waals surface area contributed by atoms with E-state index in [0.717, 1.165) is 26.1 Å². The number of carbonyl (C=O) groups excluding carboxylic acids is 7. The minimum absolute atomic E-state index is 0.00529. The van der Waals surface area contributed by atoms with Gasteiger partial charge in [0.1, 0.15) is 23.3 Å². The summed E-state index contributed by atoms with van der Waals surface area (Å²) in [5.74, 6) is -3.89. The van der Waals surface area contributed by atoms with Gasteiger partial charge in [-0.1, -0.05) is 66.7 Å². The van der Waals surface area contributed by atoms with Gasteiger partial charge >= 0.3 is 0 Å². The molecule has 0 radical (unpaired) electrons. The topological polar surface area (TPSA) is 319 Å². The van der Waals surface area contributed by atoms with E-state index in [1.54, 1.807) is 43.2 Å². The van der Waals surface area contributed by atoms with Gasteiger partial charge in [0.05, 0.1) is 55.2 Å². The van der Waals surface area contributed by atoms with Crippen LogP contribution in [-0.4, -0.2) is 176 Å². The molecule has 2 aliphatic carbocycles. The van der Waals surface area contributed by atoms with Crippen molar-refractivity contribution in [1.29, 1.82) is 10.7 Å². The molecule has 0 saturated carbocycles. The number of phenols is 2. The number of hydrogen-bond acceptors (Lipinski definition) is 17. The number of ether oxygens (including phenoxy) is 4. The van der Waals surface area contributed by atoms with E-state index in [1.165, 1.54) is 20.1 Å². The van der Waals surface area contributed by atoms with Crippen LogP contribution in [-0.2, 0) is 51.0 Å². The molecule has 7 rings (SSSR count). The highest BCUT2D eigenvalue weighted by Crippen LogP contribution is 2.48. The lowest BCUT2D eigenvalue weighted by Crippen LogP contribution is -2.57. The smallest absolute Gasteiger partial charge is 0.242 e. The normalized spacial score (nSPS) is 20.7. The molecule has 5 aliphatic rings. The summed E-state index contributed by atoms with van der Waals surface area (Å²) in [6, 6.07) is 5.96. The summed E-state index contributed by atoms with van der Waals surface area (Å²) < 4.78 is 21.3. The number of nitrogens with one attached hydrogen (secondary N) is 5. The van der Waals surface area contributed by atoms with E-state index in [2.05, 4.69) is 32.2 Å². The lowest BCUT2D eigenvalue weighted by Gasteiger charge is -2.43. The summed E-state index contributed by atoms with van der Waals surface area (Å²) in [5, 5.41) is 58.5. The fourth-order valence-electron chi connectivity index (χ4n) is 9.66. The Morgan fingerprint density at radius 1 is 0.926 bits per heavy atom. The first-order valence-electron chi connectivity index (χ1n) is 27.7. The van der Waals surface area contributed by atoms with E-state index >= 15 is 0 Å². The number of hydrogen-bond donors (Lipinski definition) is 8. The van der Waals surface area contributed by atoms with Crippen molar-refractivity contribution in [2.75, 3.05) is 73.2 Å². The number of rotatable bonds is 16. The number of ketones is 2. The molecule has 5 amide bonds. The highest BCUT2D eigenvalue weighted by molar-refractivity contribution is 6.31. The maximum absolute atomic E-state index is 13.5. The summed E-state index contributed by atoms with van der Waals surface area (Å²) in [6.45, 7) is 23.1. The van der Waals surface area contributed by atoms with Gasteiger partial charge in [-0.3, -0.25) is 38.5 Å². The summed E-state index contributed by atoms with van der Waals surface area (Å²) in [4.78, 5) is 90.7. The largest absolute Gasteiger partial charge is 0.507 e. The molecule has 3 fully saturated rings. The minimum atomic E-state index is -0.875. The zero-order chi connectivity index (χ0) is 60.7. The Kier molecular flexibility index (Phi) is 27.8. The number of likely N-dealkylation sites (tertiary alicyclic amines) is 1. The molecule has 446 valence electrons. The fraction of sp³-hybridized carbons (Fsp3) is 0.576. The van der Waals surface area contributed by atoms with Crippen molar-refractivity contribution in [3.05, 3.63) is 75.4 Å². The van der Waals surface area contributed by atoms with Crippen molar-refractivity contribution in [3.8, 4) is 23.3 Å².